The van der Waals surface area contributed by atoms with Crippen molar-refractivity contribution in [2.45, 2.75) is 30.7 Å². The number of rotatable bonds is 1. The summed E-state index contributed by atoms with van der Waals surface area (Å²) in [5.74, 6) is -0.440. The molecule has 0 radical (unpaired) electrons. The van der Waals surface area contributed by atoms with Gasteiger partial charge in [-0.2, -0.15) is 10.2 Å². The van der Waals surface area contributed by atoms with E-state index in [9.17, 15) is 14.9 Å². The van der Waals surface area contributed by atoms with Gasteiger partial charge in [0.25, 0.3) is 0 Å². The minimum atomic E-state index is -0.586. The van der Waals surface area contributed by atoms with Crippen LogP contribution in [0, 0.1) is 11.3 Å². The van der Waals surface area contributed by atoms with Crippen LogP contribution in [0.5, 0.6) is 0 Å². The maximum Gasteiger partial charge on any atom is 0.243 e. The summed E-state index contributed by atoms with van der Waals surface area (Å²) in [4.78, 5) is 29.4. The lowest BCUT2D eigenvalue weighted by Crippen LogP contribution is -2.38. The lowest BCUT2D eigenvalue weighted by atomic mass is 9.73. The Balaban J connectivity index is 1.62. The molecule has 2 atom stereocenters. The number of anilines is 1. The molecule has 8 heteroatoms. The summed E-state index contributed by atoms with van der Waals surface area (Å²) in [6.45, 7) is -0.171. The quantitative estimate of drug-likeness (QED) is 0.523. The second kappa shape index (κ2) is 7.59. The minimum Gasteiger partial charge on any atom is -0.442 e. The topological polar surface area (TPSA) is 120 Å². The monoisotopic (exact) mass is 451 g/mol. The molecule has 2 unspecified atom stereocenters. The average Bonchev–Trinajstić information content (AvgIpc) is 3.52. The van der Waals surface area contributed by atoms with Gasteiger partial charge in [0.2, 0.25) is 17.7 Å². The molecule has 168 valence electrons. The molecule has 34 heavy (non-hydrogen) atoms. The van der Waals surface area contributed by atoms with Crippen LogP contribution in [0.1, 0.15) is 40.3 Å². The summed E-state index contributed by atoms with van der Waals surface area (Å²) in [7, 11) is 0. The van der Waals surface area contributed by atoms with Crippen molar-refractivity contribution in [3.63, 3.8) is 0 Å². The number of carbonyl (C=O) groups excluding carboxylic acids is 2. The van der Waals surface area contributed by atoms with E-state index in [0.29, 0.717) is 18.5 Å². The number of fused-ring (bicyclic) bond motifs is 2. The third kappa shape index (κ3) is 3.09. The zero-order valence-corrected chi connectivity index (χ0v) is 18.2. The molecule has 1 aromatic heterocycles. The van der Waals surface area contributed by atoms with Crippen LogP contribution in [0.25, 0.3) is 5.70 Å². The number of hydrogen-bond acceptors (Lipinski definition) is 6. The van der Waals surface area contributed by atoms with Crippen LogP contribution in [0.3, 0.4) is 0 Å². The zero-order chi connectivity index (χ0) is 23.3. The van der Waals surface area contributed by atoms with Crippen molar-refractivity contribution in [2.75, 3.05) is 11.9 Å². The predicted molar refractivity (Wildman–Crippen MR) is 123 cm³/mol. The number of aryl methyl sites for hydroxylation is 1. The number of carbonyl (C=O) groups is 2. The summed E-state index contributed by atoms with van der Waals surface area (Å²) >= 11 is 0. The molecule has 0 saturated heterocycles. The number of nitriles is 1. The number of oxazole rings is 1. The molecule has 3 aromatic rings. The molecule has 1 spiro atoms. The summed E-state index contributed by atoms with van der Waals surface area (Å²) in [6.07, 6.45) is 4.94. The van der Waals surface area contributed by atoms with Crippen molar-refractivity contribution in [1.29, 1.82) is 5.26 Å². The fourth-order valence-electron chi connectivity index (χ4n) is 5.37. The smallest absolute Gasteiger partial charge is 0.243 e. The number of hydrogen-bond donors (Lipinski definition) is 3. The molecule has 0 fully saturated rings. The average molecular weight is 451 g/mol. The van der Waals surface area contributed by atoms with Gasteiger partial charge in [-0.15, -0.1) is 0 Å². The van der Waals surface area contributed by atoms with Gasteiger partial charge < -0.3 is 20.4 Å². The van der Waals surface area contributed by atoms with E-state index in [1.165, 1.54) is 11.8 Å². The van der Waals surface area contributed by atoms with Crippen LogP contribution >= 0.6 is 0 Å². The highest BCUT2D eigenvalue weighted by Crippen LogP contribution is 2.54. The lowest BCUT2D eigenvalue weighted by Gasteiger charge is -2.29. The minimum absolute atomic E-state index is 0.0253. The van der Waals surface area contributed by atoms with Gasteiger partial charge in [-0.3, -0.25) is 9.59 Å². The highest BCUT2D eigenvalue weighted by atomic mass is 16.3. The van der Waals surface area contributed by atoms with E-state index in [4.69, 9.17) is 4.42 Å². The molecule has 1 aliphatic carbocycles. The Hall–Kier alpha value is -4.38. The number of nitrogens with zero attached hydrogens (tertiary/aromatic N) is 2. The van der Waals surface area contributed by atoms with Gasteiger partial charge in [0.05, 0.1) is 12.0 Å². The van der Waals surface area contributed by atoms with Gasteiger partial charge in [0.1, 0.15) is 18.0 Å². The molecule has 6 rings (SSSR count). The van der Waals surface area contributed by atoms with Crippen LogP contribution in [-0.2, 0) is 27.8 Å². The van der Waals surface area contributed by atoms with Crippen molar-refractivity contribution in [3.8, 4) is 6.07 Å². The first-order valence-corrected chi connectivity index (χ1v) is 11.2. The molecule has 2 aliphatic heterocycles. The van der Waals surface area contributed by atoms with Crippen LogP contribution < -0.4 is 16.0 Å². The molecule has 2 amide bonds. The second-order valence-electron chi connectivity index (χ2n) is 8.84. The summed E-state index contributed by atoms with van der Waals surface area (Å²) in [5.41, 5.74) is 5.44. The van der Waals surface area contributed by atoms with Gasteiger partial charge in [-0.1, -0.05) is 36.4 Å². The predicted octanol–water partition coefficient (Wildman–Crippen LogP) is 2.40. The van der Waals surface area contributed by atoms with Gasteiger partial charge in [0.15, 0.2) is 5.69 Å². The molecular weight excluding hydrogens is 430 g/mol. The van der Waals surface area contributed by atoms with Gasteiger partial charge in [-0.05, 0) is 47.2 Å². The van der Waals surface area contributed by atoms with Crippen molar-refractivity contribution in [1.82, 2.24) is 15.6 Å². The largest absolute Gasteiger partial charge is 0.442 e. The Bertz CT molecular complexity index is 1420. The summed E-state index contributed by atoms with van der Waals surface area (Å²) in [6, 6.07) is 16.5. The zero-order valence-electron chi connectivity index (χ0n) is 18.2. The SMILES string of the molecule is N#Cc1coc(/C2=C\C34c5cc(ccc5CC3Nc3ccccc34)CCC(=O)NCC(=O)N2)n1. The Morgan fingerprint density at radius 1 is 1.09 bits per heavy atom. The van der Waals surface area contributed by atoms with Gasteiger partial charge >= 0.3 is 0 Å². The normalized spacial score (nSPS) is 24.6. The fraction of sp³-hybridized carbons (Fsp3) is 0.231. The third-order valence-electron chi connectivity index (χ3n) is 6.88. The summed E-state index contributed by atoms with van der Waals surface area (Å²) in [5, 5.41) is 18.5. The van der Waals surface area contributed by atoms with E-state index in [1.807, 2.05) is 24.3 Å². The van der Waals surface area contributed by atoms with Crippen LogP contribution in [0.2, 0.25) is 0 Å². The lowest BCUT2D eigenvalue weighted by molar-refractivity contribution is -0.125. The maximum atomic E-state index is 12.8. The Morgan fingerprint density at radius 3 is 2.82 bits per heavy atom. The number of nitrogens with one attached hydrogen (secondary N) is 3. The van der Waals surface area contributed by atoms with Crippen molar-refractivity contribution < 1.29 is 14.0 Å². The Kier molecular flexibility index (Phi) is 4.52. The number of benzene rings is 2. The second-order valence-corrected chi connectivity index (χ2v) is 8.84. The molecule has 2 aromatic carbocycles. The van der Waals surface area contributed by atoms with Crippen LogP contribution in [-0.4, -0.2) is 29.4 Å². The Labute approximate surface area is 195 Å². The van der Waals surface area contributed by atoms with E-state index < -0.39 is 11.3 Å². The number of aromatic nitrogens is 1. The Morgan fingerprint density at radius 2 is 1.97 bits per heavy atom. The van der Waals surface area contributed by atoms with Crippen molar-refractivity contribution >= 4 is 23.2 Å². The van der Waals surface area contributed by atoms with E-state index in [0.717, 1.165) is 28.8 Å². The van der Waals surface area contributed by atoms with Crippen molar-refractivity contribution in [3.05, 3.63) is 88.6 Å². The summed E-state index contributed by atoms with van der Waals surface area (Å²) < 4.78 is 5.59. The first-order chi connectivity index (χ1) is 16.6. The van der Waals surface area contributed by atoms with E-state index in [-0.39, 0.29) is 30.1 Å². The third-order valence-corrected chi connectivity index (χ3v) is 6.88. The number of para-hydroxylation sites is 1. The van der Waals surface area contributed by atoms with E-state index >= 15 is 0 Å². The van der Waals surface area contributed by atoms with E-state index in [2.05, 4.69) is 51.3 Å². The van der Waals surface area contributed by atoms with Crippen LogP contribution in [0.4, 0.5) is 5.69 Å². The molecule has 0 saturated carbocycles. The van der Waals surface area contributed by atoms with E-state index in [1.54, 1.807) is 0 Å². The first-order valence-electron chi connectivity index (χ1n) is 11.2. The first kappa shape index (κ1) is 20.2. The number of amides is 2. The maximum absolute atomic E-state index is 12.8. The van der Waals surface area contributed by atoms with Gasteiger partial charge in [-0.25, -0.2) is 0 Å². The fourth-order valence-corrected chi connectivity index (χ4v) is 5.37. The highest BCUT2D eigenvalue weighted by molar-refractivity contribution is 5.91. The molecule has 3 N–H and O–H groups in total. The molecule has 3 heterocycles. The molecule has 8 nitrogen and oxygen atoms in total. The molecular formula is C26H21N5O3. The van der Waals surface area contributed by atoms with Crippen molar-refractivity contribution in [2.24, 2.45) is 0 Å². The molecule has 2 bridgehead atoms. The highest BCUT2D eigenvalue weighted by Gasteiger charge is 2.52. The van der Waals surface area contributed by atoms with Crippen LogP contribution in [0.15, 0.2) is 59.2 Å². The molecule has 3 aliphatic rings. The standard InChI is InChI=1S/C26H21N5O3/c27-12-17-14-34-25(29-17)21-11-26-18-3-1-2-4-20(18)30-22(26)10-16-7-5-15(9-19(16)26)6-8-23(32)28-13-24(33)31-21/h1-5,7,9,11,14,22,30H,6,8,10,13H2,(H,28,32)(H,31,33)/b21-11+. The van der Waals surface area contributed by atoms with Gasteiger partial charge in [0, 0.05) is 18.2 Å².